The topological polar surface area (TPSA) is 57.2 Å². The van der Waals surface area contributed by atoms with Crippen LogP contribution in [0.15, 0.2) is 12.8 Å². The van der Waals surface area contributed by atoms with Gasteiger partial charge in [-0.05, 0) is 0 Å². The average molecular weight is 212 g/mol. The van der Waals surface area contributed by atoms with Crippen LogP contribution in [-0.4, -0.2) is 56.8 Å². The first-order valence-corrected chi connectivity index (χ1v) is 4.68. The Bertz CT molecular complexity index is 261. The Balaban J connectivity index is 2.25. The fourth-order valence-corrected chi connectivity index (χ4v) is 2.16. The van der Waals surface area contributed by atoms with Crippen LogP contribution in [0.1, 0.15) is 0 Å². The molecule has 0 amide bonds. The molecule has 2 aliphatic heterocycles. The van der Waals surface area contributed by atoms with Gasteiger partial charge in [-0.3, -0.25) is 0 Å². The normalized spacial score (nSPS) is 48.1. The van der Waals surface area contributed by atoms with E-state index in [-0.39, 0.29) is 6.61 Å². The summed E-state index contributed by atoms with van der Waals surface area (Å²) in [6.07, 6.45) is -0.787. The van der Waals surface area contributed by atoms with E-state index in [4.69, 9.17) is 26.8 Å². The molecule has 2 fully saturated rings. The van der Waals surface area contributed by atoms with Gasteiger partial charge in [-0.2, -0.15) is 0 Å². The number of hydrogen-bond donors (Lipinski definition) is 1. The highest BCUT2D eigenvalue weighted by molar-refractivity contribution is 6.11. The van der Waals surface area contributed by atoms with Gasteiger partial charge < -0.3 is 24.1 Å². The molecule has 2 aliphatic rings. The summed E-state index contributed by atoms with van der Waals surface area (Å²) in [4.78, 5) is 0. The van der Waals surface area contributed by atoms with E-state index in [1.807, 2.05) is 0 Å². The highest BCUT2D eigenvalue weighted by Gasteiger charge is 2.66. The molecule has 5 nitrogen and oxygen atoms in total. The Kier molecular flexibility index (Phi) is 2.76. The van der Waals surface area contributed by atoms with Crippen LogP contribution in [0.25, 0.3) is 0 Å². The van der Waals surface area contributed by atoms with Gasteiger partial charge in [0.25, 0.3) is 0 Å². The SMILES string of the molecule is [B]C1OC2(COC)C(O)OC1C2OC=C. The quantitative estimate of drug-likeness (QED) is 0.485. The van der Waals surface area contributed by atoms with Crippen molar-refractivity contribution in [1.82, 2.24) is 0 Å². The number of ether oxygens (including phenoxy) is 4. The lowest BCUT2D eigenvalue weighted by molar-refractivity contribution is -0.255. The van der Waals surface area contributed by atoms with Crippen molar-refractivity contribution in [1.29, 1.82) is 0 Å². The van der Waals surface area contributed by atoms with Crippen LogP contribution in [0.3, 0.4) is 0 Å². The van der Waals surface area contributed by atoms with Gasteiger partial charge in [0, 0.05) is 13.1 Å². The largest absolute Gasteiger partial charge is 0.493 e. The van der Waals surface area contributed by atoms with Crippen LogP contribution < -0.4 is 0 Å². The van der Waals surface area contributed by atoms with E-state index >= 15 is 0 Å². The molecule has 0 saturated carbocycles. The molecule has 0 aromatic carbocycles. The zero-order valence-corrected chi connectivity index (χ0v) is 8.46. The van der Waals surface area contributed by atoms with Crippen LogP contribution >= 0.6 is 0 Å². The predicted molar refractivity (Wildman–Crippen MR) is 51.2 cm³/mol. The Hall–Kier alpha value is -0.555. The summed E-state index contributed by atoms with van der Waals surface area (Å²) in [5.74, 6) is 0. The number of aliphatic hydroxyl groups is 1. The maximum atomic E-state index is 9.72. The molecular weight excluding hydrogens is 199 g/mol. The third kappa shape index (κ3) is 1.40. The van der Waals surface area contributed by atoms with Gasteiger partial charge >= 0.3 is 0 Å². The smallest absolute Gasteiger partial charge is 0.190 e. The van der Waals surface area contributed by atoms with Crippen molar-refractivity contribution < 1.29 is 24.1 Å². The van der Waals surface area contributed by atoms with Gasteiger partial charge in [-0.1, -0.05) is 6.58 Å². The van der Waals surface area contributed by atoms with E-state index < -0.39 is 30.1 Å². The van der Waals surface area contributed by atoms with E-state index in [0.717, 1.165) is 0 Å². The van der Waals surface area contributed by atoms with Crippen molar-refractivity contribution in [2.45, 2.75) is 30.1 Å². The van der Waals surface area contributed by atoms with Crippen LogP contribution in [0.4, 0.5) is 0 Å². The molecule has 2 heterocycles. The van der Waals surface area contributed by atoms with Gasteiger partial charge in [-0.25, -0.2) is 0 Å². The predicted octanol–water partition coefficient (Wildman–Crippen LogP) is -0.858. The van der Waals surface area contributed by atoms with E-state index in [0.29, 0.717) is 0 Å². The minimum absolute atomic E-state index is 0.150. The fraction of sp³-hybridized carbons (Fsp3) is 0.778. The first-order chi connectivity index (χ1) is 7.15. The molecule has 0 aliphatic carbocycles. The second-order valence-corrected chi connectivity index (χ2v) is 3.65. The molecule has 2 bridgehead atoms. The maximum Gasteiger partial charge on any atom is 0.190 e. The molecule has 2 radical (unpaired) electrons. The van der Waals surface area contributed by atoms with E-state index in [9.17, 15) is 5.11 Å². The minimum atomic E-state index is -1.09. The molecule has 1 N–H and O–H groups in total. The summed E-state index contributed by atoms with van der Waals surface area (Å²) >= 11 is 0. The molecule has 6 heteroatoms. The van der Waals surface area contributed by atoms with Crippen molar-refractivity contribution >= 4 is 7.85 Å². The third-order valence-corrected chi connectivity index (χ3v) is 2.78. The Morgan fingerprint density at radius 2 is 2.40 bits per heavy atom. The van der Waals surface area contributed by atoms with Gasteiger partial charge in [0.15, 0.2) is 18.0 Å². The number of hydrogen-bond acceptors (Lipinski definition) is 5. The summed E-state index contributed by atoms with van der Waals surface area (Å²) in [7, 11) is 7.20. The summed E-state index contributed by atoms with van der Waals surface area (Å²) in [5.41, 5.74) is -1.05. The molecule has 0 aromatic rings. The number of aliphatic hydroxyl groups excluding tert-OH is 1. The lowest BCUT2D eigenvalue weighted by atomic mass is 9.91. The van der Waals surface area contributed by atoms with Crippen molar-refractivity contribution in [3.05, 3.63) is 12.8 Å². The zero-order chi connectivity index (χ0) is 11.1. The molecule has 82 valence electrons. The highest BCUT2D eigenvalue weighted by atomic mass is 16.7. The van der Waals surface area contributed by atoms with Gasteiger partial charge in [0.1, 0.15) is 14.0 Å². The fourth-order valence-electron chi connectivity index (χ4n) is 2.16. The lowest BCUT2D eigenvalue weighted by Gasteiger charge is -2.33. The Labute approximate surface area is 89.4 Å². The summed E-state index contributed by atoms with van der Waals surface area (Å²) in [6.45, 7) is 3.62. The number of rotatable bonds is 4. The molecule has 15 heavy (non-hydrogen) atoms. The van der Waals surface area contributed by atoms with Gasteiger partial charge in [0.05, 0.1) is 12.9 Å². The summed E-state index contributed by atoms with van der Waals surface area (Å²) in [5, 5.41) is 9.72. The second-order valence-electron chi connectivity index (χ2n) is 3.65. The molecule has 5 unspecified atom stereocenters. The average Bonchev–Trinajstić information content (AvgIpc) is 2.57. The van der Waals surface area contributed by atoms with Crippen LogP contribution in [0, 0.1) is 0 Å². The lowest BCUT2D eigenvalue weighted by Crippen LogP contribution is -2.52. The summed E-state index contributed by atoms with van der Waals surface area (Å²) < 4.78 is 21.0. The highest BCUT2D eigenvalue weighted by Crippen LogP contribution is 2.44. The molecule has 5 atom stereocenters. The molecule has 0 spiro atoms. The monoisotopic (exact) mass is 212 g/mol. The Morgan fingerprint density at radius 1 is 1.67 bits per heavy atom. The first-order valence-electron chi connectivity index (χ1n) is 4.68. The molecular formula is C9H13BO5. The van der Waals surface area contributed by atoms with Crippen LogP contribution in [0.2, 0.25) is 0 Å². The number of fused-ring (bicyclic) bond motifs is 2. The van der Waals surface area contributed by atoms with Crippen molar-refractivity contribution in [2.24, 2.45) is 0 Å². The van der Waals surface area contributed by atoms with Gasteiger partial charge in [0.2, 0.25) is 0 Å². The number of methoxy groups -OCH3 is 1. The molecule has 2 saturated heterocycles. The maximum absolute atomic E-state index is 9.72. The minimum Gasteiger partial charge on any atom is -0.493 e. The van der Waals surface area contributed by atoms with Crippen LogP contribution in [-0.2, 0) is 18.9 Å². The molecule has 2 rings (SSSR count). The Morgan fingerprint density at radius 3 is 3.00 bits per heavy atom. The second kappa shape index (κ2) is 3.79. The van der Waals surface area contributed by atoms with Crippen molar-refractivity contribution in [2.75, 3.05) is 13.7 Å². The van der Waals surface area contributed by atoms with Crippen molar-refractivity contribution in [3.63, 3.8) is 0 Å². The van der Waals surface area contributed by atoms with E-state index in [1.165, 1.54) is 13.4 Å². The van der Waals surface area contributed by atoms with E-state index in [2.05, 4.69) is 6.58 Å². The first kappa shape index (κ1) is 10.9. The third-order valence-electron chi connectivity index (χ3n) is 2.78. The van der Waals surface area contributed by atoms with Gasteiger partial charge in [-0.15, -0.1) is 0 Å². The van der Waals surface area contributed by atoms with E-state index in [1.54, 1.807) is 0 Å². The zero-order valence-electron chi connectivity index (χ0n) is 8.46. The standard InChI is InChI=1S/C9H13BO5/c1-3-13-6-5-7(10)15-9(6,4-12-2)8(11)14-5/h3,5-8,11H,1,4H2,2H3. The van der Waals surface area contributed by atoms with Crippen LogP contribution in [0.5, 0.6) is 0 Å². The summed E-state index contributed by atoms with van der Waals surface area (Å²) in [6, 6.07) is -0.617. The molecule has 0 aromatic heterocycles. The van der Waals surface area contributed by atoms with Crippen molar-refractivity contribution in [3.8, 4) is 0 Å².